The van der Waals surface area contributed by atoms with Crippen molar-refractivity contribution in [2.75, 3.05) is 0 Å². The normalized spacial score (nSPS) is 12.9. The van der Waals surface area contributed by atoms with E-state index in [4.69, 9.17) is 0 Å². The van der Waals surface area contributed by atoms with E-state index in [0.717, 1.165) is 6.42 Å². The standard InChI is InChI=1S/C8H14/c1-5-8(4)6-7(2)3/h5,7H,1-2,6H2,3-4H3. The van der Waals surface area contributed by atoms with Gasteiger partial charge in [-0.15, -0.1) is 0 Å². The lowest BCUT2D eigenvalue weighted by Gasteiger charge is -2.01. The molecule has 0 nitrogen and oxygen atoms in total. The van der Waals surface area contributed by atoms with Gasteiger partial charge in [0.15, 0.2) is 0 Å². The Labute approximate surface area is 52.6 Å². The van der Waals surface area contributed by atoms with Crippen LogP contribution in [0.5, 0.6) is 0 Å². The van der Waals surface area contributed by atoms with Gasteiger partial charge in [0.2, 0.25) is 0 Å². The SMILES string of the molecule is [CH2]C=C(C)CC([CH2])C. The first-order valence-electron chi connectivity index (χ1n) is 2.94. The molecule has 0 aromatic carbocycles. The van der Waals surface area contributed by atoms with Crippen LogP contribution in [0.15, 0.2) is 11.6 Å². The summed E-state index contributed by atoms with van der Waals surface area (Å²) in [5.41, 5.74) is 1.33. The predicted molar refractivity (Wildman–Crippen MR) is 38.3 cm³/mol. The van der Waals surface area contributed by atoms with Crippen LogP contribution in [0.1, 0.15) is 20.3 Å². The molecule has 1 atom stereocenters. The highest BCUT2D eigenvalue weighted by atomic mass is 14.0. The van der Waals surface area contributed by atoms with Crippen LogP contribution in [-0.4, -0.2) is 0 Å². The van der Waals surface area contributed by atoms with Gasteiger partial charge in [-0.25, -0.2) is 0 Å². The molecular weight excluding hydrogens is 96.1 g/mol. The third-order valence-electron chi connectivity index (χ3n) is 1.02. The van der Waals surface area contributed by atoms with Gasteiger partial charge in [-0.05, 0) is 26.2 Å². The minimum atomic E-state index is 0.521. The lowest BCUT2D eigenvalue weighted by Crippen LogP contribution is -1.86. The van der Waals surface area contributed by atoms with Gasteiger partial charge < -0.3 is 0 Å². The van der Waals surface area contributed by atoms with E-state index in [1.54, 1.807) is 0 Å². The van der Waals surface area contributed by atoms with Crippen LogP contribution in [0, 0.1) is 19.8 Å². The van der Waals surface area contributed by atoms with E-state index in [1.807, 2.05) is 6.08 Å². The number of hydrogen-bond donors (Lipinski definition) is 0. The summed E-state index contributed by atoms with van der Waals surface area (Å²) in [4.78, 5) is 0. The zero-order chi connectivity index (χ0) is 6.57. The van der Waals surface area contributed by atoms with E-state index in [0.29, 0.717) is 5.92 Å². The summed E-state index contributed by atoms with van der Waals surface area (Å²) in [7, 11) is 0. The number of rotatable bonds is 2. The Morgan fingerprint density at radius 1 is 1.75 bits per heavy atom. The number of hydrogen-bond acceptors (Lipinski definition) is 0. The van der Waals surface area contributed by atoms with E-state index in [2.05, 4.69) is 27.7 Å². The maximum Gasteiger partial charge on any atom is -0.0297 e. The third-order valence-corrected chi connectivity index (χ3v) is 1.02. The molecule has 0 saturated heterocycles. The summed E-state index contributed by atoms with van der Waals surface area (Å²) in [6, 6.07) is 0. The predicted octanol–water partition coefficient (Wildman–Crippen LogP) is 2.63. The van der Waals surface area contributed by atoms with Crippen molar-refractivity contribution < 1.29 is 0 Å². The fourth-order valence-corrected chi connectivity index (χ4v) is 0.633. The fourth-order valence-electron chi connectivity index (χ4n) is 0.633. The highest BCUT2D eigenvalue weighted by Crippen LogP contribution is 2.07. The van der Waals surface area contributed by atoms with Crippen molar-refractivity contribution in [3.63, 3.8) is 0 Å². The van der Waals surface area contributed by atoms with Crippen LogP contribution in [0.3, 0.4) is 0 Å². The lowest BCUT2D eigenvalue weighted by atomic mass is 10.0. The molecule has 1 unspecified atom stereocenters. The van der Waals surface area contributed by atoms with Gasteiger partial charge in [0.1, 0.15) is 0 Å². The molecule has 0 spiro atoms. The Balaban J connectivity index is 3.39. The third kappa shape index (κ3) is 3.91. The molecule has 0 fully saturated rings. The average molecular weight is 110 g/mol. The molecule has 0 amide bonds. The van der Waals surface area contributed by atoms with Crippen LogP contribution in [0.2, 0.25) is 0 Å². The van der Waals surface area contributed by atoms with Crippen LogP contribution < -0.4 is 0 Å². The summed E-state index contributed by atoms with van der Waals surface area (Å²) in [6.45, 7) is 11.7. The van der Waals surface area contributed by atoms with E-state index in [-0.39, 0.29) is 0 Å². The summed E-state index contributed by atoms with van der Waals surface area (Å²) >= 11 is 0. The second kappa shape index (κ2) is 3.71. The molecule has 8 heavy (non-hydrogen) atoms. The molecule has 0 rings (SSSR count). The van der Waals surface area contributed by atoms with Gasteiger partial charge in [0.25, 0.3) is 0 Å². The topological polar surface area (TPSA) is 0 Å². The van der Waals surface area contributed by atoms with Crippen molar-refractivity contribution in [1.29, 1.82) is 0 Å². The smallest absolute Gasteiger partial charge is 0.0297 e. The summed E-state index contributed by atoms with van der Waals surface area (Å²) < 4.78 is 0. The molecule has 0 aliphatic heterocycles. The van der Waals surface area contributed by atoms with Crippen molar-refractivity contribution in [3.05, 3.63) is 25.5 Å². The molecule has 0 heteroatoms. The maximum absolute atomic E-state index is 3.86. The number of allylic oxidation sites excluding steroid dienone is 2. The van der Waals surface area contributed by atoms with Gasteiger partial charge in [0.05, 0.1) is 0 Å². The first-order chi connectivity index (χ1) is 3.66. The van der Waals surface area contributed by atoms with Crippen LogP contribution >= 0.6 is 0 Å². The quantitative estimate of drug-likeness (QED) is 0.512. The Kier molecular flexibility index (Phi) is 3.59. The van der Waals surface area contributed by atoms with Crippen molar-refractivity contribution >= 4 is 0 Å². The second-order valence-electron chi connectivity index (χ2n) is 2.36. The molecule has 0 N–H and O–H groups in total. The Bertz CT molecular complexity index is 78.0. The first-order valence-corrected chi connectivity index (χ1v) is 2.94. The van der Waals surface area contributed by atoms with Crippen molar-refractivity contribution in [2.45, 2.75) is 20.3 Å². The molecule has 0 bridgehead atoms. The average Bonchev–Trinajstić information content (AvgIpc) is 1.65. The van der Waals surface area contributed by atoms with Crippen molar-refractivity contribution in [1.82, 2.24) is 0 Å². The zero-order valence-corrected chi connectivity index (χ0v) is 5.78. The van der Waals surface area contributed by atoms with Gasteiger partial charge in [-0.3, -0.25) is 0 Å². The minimum absolute atomic E-state index is 0.521. The molecule has 2 radical (unpaired) electrons. The van der Waals surface area contributed by atoms with Crippen LogP contribution in [-0.2, 0) is 0 Å². The highest BCUT2D eigenvalue weighted by Gasteiger charge is 1.92. The van der Waals surface area contributed by atoms with Gasteiger partial charge in [-0.1, -0.05) is 25.5 Å². The van der Waals surface area contributed by atoms with Gasteiger partial charge in [0, 0.05) is 0 Å². The molecule has 0 aliphatic carbocycles. The first kappa shape index (κ1) is 7.74. The van der Waals surface area contributed by atoms with E-state index in [9.17, 15) is 0 Å². The van der Waals surface area contributed by atoms with Crippen molar-refractivity contribution in [2.24, 2.45) is 5.92 Å². The van der Waals surface area contributed by atoms with Crippen molar-refractivity contribution in [3.8, 4) is 0 Å². The lowest BCUT2D eigenvalue weighted by molar-refractivity contribution is 0.712. The summed E-state index contributed by atoms with van der Waals surface area (Å²) in [5, 5.41) is 0. The summed E-state index contributed by atoms with van der Waals surface area (Å²) in [5.74, 6) is 0.521. The van der Waals surface area contributed by atoms with Crippen LogP contribution in [0.25, 0.3) is 0 Å². The molecule has 0 heterocycles. The second-order valence-corrected chi connectivity index (χ2v) is 2.36. The molecule has 46 valence electrons. The van der Waals surface area contributed by atoms with Crippen LogP contribution in [0.4, 0.5) is 0 Å². The maximum atomic E-state index is 3.86. The Morgan fingerprint density at radius 3 is 2.38 bits per heavy atom. The molecule has 0 aromatic rings. The molecule has 0 saturated carbocycles. The molecule has 0 aliphatic rings. The molecular formula is C8H14. The Morgan fingerprint density at radius 2 is 2.25 bits per heavy atom. The van der Waals surface area contributed by atoms with E-state index < -0.39 is 0 Å². The van der Waals surface area contributed by atoms with E-state index >= 15 is 0 Å². The monoisotopic (exact) mass is 110 g/mol. The summed E-state index contributed by atoms with van der Waals surface area (Å²) in [6.07, 6.45) is 2.96. The van der Waals surface area contributed by atoms with Gasteiger partial charge in [-0.2, -0.15) is 0 Å². The zero-order valence-electron chi connectivity index (χ0n) is 5.78. The molecule has 0 aromatic heterocycles. The van der Waals surface area contributed by atoms with Gasteiger partial charge >= 0.3 is 0 Å². The van der Waals surface area contributed by atoms with E-state index in [1.165, 1.54) is 5.57 Å². The fraction of sp³-hybridized carbons (Fsp3) is 0.500. The highest BCUT2D eigenvalue weighted by molar-refractivity contribution is 5.00. The largest absolute Gasteiger partial charge is 0.0853 e. The minimum Gasteiger partial charge on any atom is -0.0853 e. The Hall–Kier alpha value is -0.260.